The molecule has 0 saturated heterocycles. The number of nitrogens with zero attached hydrogens (tertiary/aromatic N) is 1. The summed E-state index contributed by atoms with van der Waals surface area (Å²) in [6.07, 6.45) is 5.94. The number of hydrogen-bond acceptors (Lipinski definition) is 3. The van der Waals surface area contributed by atoms with Gasteiger partial charge in [-0.05, 0) is 49.3 Å². The fourth-order valence-electron chi connectivity index (χ4n) is 3.08. The van der Waals surface area contributed by atoms with Crippen molar-refractivity contribution in [3.63, 3.8) is 0 Å². The Morgan fingerprint density at radius 1 is 1.33 bits per heavy atom. The first kappa shape index (κ1) is 16.0. The van der Waals surface area contributed by atoms with Gasteiger partial charge in [-0.15, -0.1) is 12.4 Å². The molecular formula is C16H24ClN3O. The maximum Gasteiger partial charge on any atom is 0.239 e. The van der Waals surface area contributed by atoms with Crippen molar-refractivity contribution in [3.05, 3.63) is 23.8 Å². The molecule has 0 radical (unpaired) electrons. The summed E-state index contributed by atoms with van der Waals surface area (Å²) in [5, 5.41) is 3.07. The number of nitrogens with one attached hydrogen (secondary N) is 1. The Labute approximate surface area is 132 Å². The van der Waals surface area contributed by atoms with Gasteiger partial charge in [0, 0.05) is 24.5 Å². The molecule has 0 aromatic heterocycles. The van der Waals surface area contributed by atoms with Gasteiger partial charge in [-0.3, -0.25) is 4.79 Å². The van der Waals surface area contributed by atoms with Gasteiger partial charge < -0.3 is 16.0 Å². The lowest BCUT2D eigenvalue weighted by molar-refractivity contribution is -0.120. The van der Waals surface area contributed by atoms with Gasteiger partial charge in [-0.2, -0.15) is 0 Å². The number of amides is 1. The normalized spacial score (nSPS) is 17.4. The summed E-state index contributed by atoms with van der Waals surface area (Å²) in [5.41, 5.74) is 9.21. The highest BCUT2D eigenvalue weighted by Crippen LogP contribution is 2.31. The van der Waals surface area contributed by atoms with Crippen LogP contribution in [0, 0.1) is 5.92 Å². The third-order valence-electron chi connectivity index (χ3n) is 4.53. The quantitative estimate of drug-likeness (QED) is 0.840. The lowest BCUT2D eigenvalue weighted by Crippen LogP contribution is -2.42. The Morgan fingerprint density at radius 3 is 2.86 bits per heavy atom. The summed E-state index contributed by atoms with van der Waals surface area (Å²) in [7, 11) is 0. The van der Waals surface area contributed by atoms with E-state index in [1.165, 1.54) is 24.8 Å². The van der Waals surface area contributed by atoms with Gasteiger partial charge in [-0.1, -0.05) is 12.5 Å². The molecule has 1 heterocycles. The van der Waals surface area contributed by atoms with E-state index in [0.29, 0.717) is 12.5 Å². The second-order valence-corrected chi connectivity index (χ2v) is 5.97. The number of benzene rings is 1. The van der Waals surface area contributed by atoms with Gasteiger partial charge in [0.15, 0.2) is 0 Å². The van der Waals surface area contributed by atoms with Crippen LogP contribution in [0.3, 0.4) is 0 Å². The number of nitrogens with two attached hydrogens (primary N) is 1. The molecule has 21 heavy (non-hydrogen) atoms. The highest BCUT2D eigenvalue weighted by molar-refractivity contribution is 5.85. The molecule has 0 atom stereocenters. The summed E-state index contributed by atoms with van der Waals surface area (Å²) in [6.45, 7) is 2.23. The molecule has 2 aliphatic rings. The van der Waals surface area contributed by atoms with Crippen LogP contribution in [0.5, 0.6) is 0 Å². The van der Waals surface area contributed by atoms with Crippen LogP contribution in [0.2, 0.25) is 0 Å². The van der Waals surface area contributed by atoms with Gasteiger partial charge in [0.05, 0.1) is 6.54 Å². The zero-order valence-electron chi connectivity index (χ0n) is 12.3. The number of halogens is 1. The van der Waals surface area contributed by atoms with Crippen LogP contribution in [0.4, 0.5) is 11.4 Å². The van der Waals surface area contributed by atoms with Crippen LogP contribution in [0.1, 0.15) is 31.2 Å². The first-order valence-corrected chi connectivity index (χ1v) is 7.63. The SMILES string of the molecule is Cl.Nc1cccc2c1CCCN2CC(=O)NCC1CCC1. The molecule has 1 aliphatic carbocycles. The summed E-state index contributed by atoms with van der Waals surface area (Å²) in [6, 6.07) is 5.99. The predicted molar refractivity (Wildman–Crippen MR) is 89.0 cm³/mol. The minimum atomic E-state index is 0. The third-order valence-corrected chi connectivity index (χ3v) is 4.53. The van der Waals surface area contributed by atoms with Crippen LogP contribution in [-0.4, -0.2) is 25.5 Å². The maximum atomic E-state index is 12.1. The molecule has 4 nitrogen and oxygen atoms in total. The molecule has 1 aromatic carbocycles. The van der Waals surface area contributed by atoms with Gasteiger partial charge in [0.1, 0.15) is 0 Å². The van der Waals surface area contributed by atoms with E-state index >= 15 is 0 Å². The van der Waals surface area contributed by atoms with Crippen LogP contribution in [0.15, 0.2) is 18.2 Å². The highest BCUT2D eigenvalue weighted by Gasteiger charge is 2.22. The maximum absolute atomic E-state index is 12.1. The highest BCUT2D eigenvalue weighted by atomic mass is 35.5. The van der Waals surface area contributed by atoms with E-state index in [2.05, 4.69) is 16.3 Å². The zero-order valence-corrected chi connectivity index (χ0v) is 13.1. The van der Waals surface area contributed by atoms with Gasteiger partial charge in [0.25, 0.3) is 0 Å². The van der Waals surface area contributed by atoms with Crippen molar-refractivity contribution in [2.24, 2.45) is 5.92 Å². The summed E-state index contributed by atoms with van der Waals surface area (Å²) in [5.74, 6) is 0.843. The monoisotopic (exact) mass is 309 g/mol. The molecule has 3 N–H and O–H groups in total. The van der Waals surface area contributed by atoms with Crippen LogP contribution in [0.25, 0.3) is 0 Å². The smallest absolute Gasteiger partial charge is 0.239 e. The van der Waals surface area contributed by atoms with Crippen LogP contribution >= 0.6 is 12.4 Å². The number of hydrogen-bond donors (Lipinski definition) is 2. The second-order valence-electron chi connectivity index (χ2n) is 5.97. The lowest BCUT2D eigenvalue weighted by atomic mass is 9.85. The third kappa shape index (κ3) is 3.62. The van der Waals surface area contributed by atoms with E-state index in [-0.39, 0.29) is 18.3 Å². The van der Waals surface area contributed by atoms with E-state index in [1.807, 2.05) is 12.1 Å². The fraction of sp³-hybridized carbons (Fsp3) is 0.562. The molecule has 1 aromatic rings. The minimum absolute atomic E-state index is 0. The van der Waals surface area contributed by atoms with Crippen molar-refractivity contribution < 1.29 is 4.79 Å². The van der Waals surface area contributed by atoms with Crippen molar-refractivity contribution in [2.75, 3.05) is 30.3 Å². The second kappa shape index (κ2) is 7.03. The molecular weight excluding hydrogens is 286 g/mol. The predicted octanol–water partition coefficient (Wildman–Crippen LogP) is 2.36. The Hall–Kier alpha value is -1.42. The first-order valence-electron chi connectivity index (χ1n) is 7.63. The number of carbonyl (C=O) groups excluding carboxylic acids is 1. The van der Waals surface area contributed by atoms with Crippen molar-refractivity contribution >= 4 is 29.7 Å². The van der Waals surface area contributed by atoms with E-state index in [0.717, 1.165) is 37.3 Å². The number of anilines is 2. The molecule has 1 amide bonds. The van der Waals surface area contributed by atoms with Crippen LogP contribution < -0.4 is 16.0 Å². The molecule has 0 spiro atoms. The fourth-order valence-corrected chi connectivity index (χ4v) is 3.08. The van der Waals surface area contributed by atoms with Crippen molar-refractivity contribution in [1.82, 2.24) is 5.32 Å². The molecule has 0 bridgehead atoms. The van der Waals surface area contributed by atoms with E-state index in [1.54, 1.807) is 0 Å². The van der Waals surface area contributed by atoms with E-state index in [9.17, 15) is 4.79 Å². The van der Waals surface area contributed by atoms with Gasteiger partial charge >= 0.3 is 0 Å². The Balaban J connectivity index is 0.00000161. The molecule has 116 valence electrons. The zero-order chi connectivity index (χ0) is 13.9. The lowest BCUT2D eigenvalue weighted by Gasteiger charge is -2.32. The number of rotatable bonds is 4. The minimum Gasteiger partial charge on any atom is -0.398 e. The van der Waals surface area contributed by atoms with E-state index < -0.39 is 0 Å². The van der Waals surface area contributed by atoms with Crippen LogP contribution in [-0.2, 0) is 11.2 Å². The van der Waals surface area contributed by atoms with Crippen molar-refractivity contribution in [1.29, 1.82) is 0 Å². The van der Waals surface area contributed by atoms with E-state index in [4.69, 9.17) is 5.73 Å². The standard InChI is InChI=1S/C16H23N3O.ClH/c17-14-7-2-8-15-13(14)6-3-9-19(15)11-16(20)18-10-12-4-1-5-12;/h2,7-8,12H,1,3-6,9-11,17H2,(H,18,20);1H. The topological polar surface area (TPSA) is 58.4 Å². The molecule has 3 rings (SSSR count). The average Bonchev–Trinajstić information content (AvgIpc) is 2.38. The molecule has 0 unspecified atom stereocenters. The Bertz CT molecular complexity index is 502. The Kier molecular flexibility index (Phi) is 5.34. The number of carbonyl (C=O) groups is 1. The molecule has 1 aliphatic heterocycles. The summed E-state index contributed by atoms with van der Waals surface area (Å²) >= 11 is 0. The van der Waals surface area contributed by atoms with Gasteiger partial charge in [-0.25, -0.2) is 0 Å². The van der Waals surface area contributed by atoms with Crippen molar-refractivity contribution in [2.45, 2.75) is 32.1 Å². The molecule has 1 fully saturated rings. The van der Waals surface area contributed by atoms with Gasteiger partial charge in [0.2, 0.25) is 5.91 Å². The first-order chi connectivity index (χ1) is 9.74. The van der Waals surface area contributed by atoms with Crippen molar-refractivity contribution in [3.8, 4) is 0 Å². The largest absolute Gasteiger partial charge is 0.398 e. The average molecular weight is 310 g/mol. The number of fused-ring (bicyclic) bond motifs is 1. The Morgan fingerprint density at radius 2 is 2.14 bits per heavy atom. The number of nitrogen functional groups attached to an aromatic ring is 1. The molecule has 1 saturated carbocycles. The summed E-state index contributed by atoms with van der Waals surface area (Å²) in [4.78, 5) is 14.2. The summed E-state index contributed by atoms with van der Waals surface area (Å²) < 4.78 is 0. The molecule has 5 heteroatoms.